The molecule has 1 aliphatic rings. The zero-order valence-electron chi connectivity index (χ0n) is 8.56. The van der Waals surface area contributed by atoms with E-state index < -0.39 is 0 Å². The largest absolute Gasteiger partial charge is 0.479 e. The van der Waals surface area contributed by atoms with Gasteiger partial charge < -0.3 is 20.9 Å². The van der Waals surface area contributed by atoms with Crippen molar-refractivity contribution in [2.75, 3.05) is 25.2 Å². The summed E-state index contributed by atoms with van der Waals surface area (Å²) in [5.74, 6) is 1.11. The monoisotopic (exact) mass is 210 g/mol. The van der Waals surface area contributed by atoms with Gasteiger partial charge in [-0.1, -0.05) is 0 Å². The minimum absolute atomic E-state index is 0.0817. The van der Waals surface area contributed by atoms with Crippen molar-refractivity contribution >= 4 is 11.5 Å². The van der Waals surface area contributed by atoms with Crippen LogP contribution in [0.15, 0.2) is 0 Å². The summed E-state index contributed by atoms with van der Waals surface area (Å²) in [7, 11) is 1.50. The lowest BCUT2D eigenvalue weighted by atomic mass is 10.2. The van der Waals surface area contributed by atoms with Crippen LogP contribution in [-0.2, 0) is 4.74 Å². The van der Waals surface area contributed by atoms with Gasteiger partial charge in [-0.15, -0.1) is 0 Å². The van der Waals surface area contributed by atoms with Crippen LogP contribution in [0, 0.1) is 0 Å². The molecule has 15 heavy (non-hydrogen) atoms. The van der Waals surface area contributed by atoms with Crippen LogP contribution in [0.25, 0.3) is 0 Å². The summed E-state index contributed by atoms with van der Waals surface area (Å²) in [6, 6.07) is 0. The predicted molar refractivity (Wildman–Crippen MR) is 55.3 cm³/mol. The highest BCUT2D eigenvalue weighted by Gasteiger charge is 2.22. The van der Waals surface area contributed by atoms with Crippen LogP contribution in [0.2, 0.25) is 0 Å². The maximum atomic E-state index is 5.65. The maximum absolute atomic E-state index is 5.65. The first kappa shape index (κ1) is 9.97. The normalized spacial score (nSPS) is 20.5. The van der Waals surface area contributed by atoms with Crippen LogP contribution >= 0.6 is 0 Å². The number of ether oxygens (including phenoxy) is 2. The van der Waals surface area contributed by atoms with E-state index in [4.69, 9.17) is 20.9 Å². The van der Waals surface area contributed by atoms with E-state index in [-0.39, 0.29) is 17.6 Å². The average Bonchev–Trinajstić information content (AvgIpc) is 2.75. The molecule has 2 heterocycles. The summed E-state index contributed by atoms with van der Waals surface area (Å²) in [6.07, 6.45) is 1.84. The molecule has 6 heteroatoms. The molecule has 1 unspecified atom stereocenters. The minimum atomic E-state index is -0.0817. The fraction of sp³-hybridized carbons (Fsp3) is 0.556. The Morgan fingerprint density at radius 1 is 1.40 bits per heavy atom. The summed E-state index contributed by atoms with van der Waals surface area (Å²) in [5.41, 5.74) is 11.6. The third-order valence-corrected chi connectivity index (χ3v) is 2.37. The van der Waals surface area contributed by atoms with Crippen LogP contribution < -0.4 is 16.2 Å². The number of aromatic nitrogens is 2. The van der Waals surface area contributed by atoms with Crippen LogP contribution in [0.4, 0.5) is 11.5 Å². The SMILES string of the molecule is COc1nc(C2CCCO2)nc(N)c1N. The highest BCUT2D eigenvalue weighted by atomic mass is 16.5. The van der Waals surface area contributed by atoms with Crippen molar-refractivity contribution in [3.8, 4) is 5.88 Å². The molecule has 1 aromatic rings. The smallest absolute Gasteiger partial charge is 0.242 e. The van der Waals surface area contributed by atoms with Crippen molar-refractivity contribution in [1.82, 2.24) is 9.97 Å². The van der Waals surface area contributed by atoms with Crippen molar-refractivity contribution in [3.63, 3.8) is 0 Å². The van der Waals surface area contributed by atoms with Crippen molar-refractivity contribution in [1.29, 1.82) is 0 Å². The van der Waals surface area contributed by atoms with E-state index in [1.54, 1.807) is 0 Å². The molecule has 0 aliphatic carbocycles. The number of hydrogen-bond donors (Lipinski definition) is 2. The lowest BCUT2D eigenvalue weighted by molar-refractivity contribution is 0.104. The lowest BCUT2D eigenvalue weighted by Crippen LogP contribution is -2.10. The first-order chi connectivity index (χ1) is 7.22. The number of methoxy groups -OCH3 is 1. The number of nitrogens with two attached hydrogens (primary N) is 2. The summed E-state index contributed by atoms with van der Waals surface area (Å²) in [4.78, 5) is 8.27. The fourth-order valence-corrected chi connectivity index (χ4v) is 1.56. The first-order valence-corrected chi connectivity index (χ1v) is 4.81. The van der Waals surface area contributed by atoms with Crippen molar-refractivity contribution < 1.29 is 9.47 Å². The quantitative estimate of drug-likeness (QED) is 0.737. The van der Waals surface area contributed by atoms with Gasteiger partial charge in [-0.2, -0.15) is 4.98 Å². The topological polar surface area (TPSA) is 96.3 Å². The second-order valence-corrected chi connectivity index (χ2v) is 3.39. The second-order valence-electron chi connectivity index (χ2n) is 3.39. The molecule has 0 spiro atoms. The van der Waals surface area contributed by atoms with Gasteiger partial charge >= 0.3 is 0 Å². The Balaban J connectivity index is 2.35. The fourth-order valence-electron chi connectivity index (χ4n) is 1.56. The Morgan fingerprint density at radius 2 is 2.20 bits per heavy atom. The summed E-state index contributed by atoms with van der Waals surface area (Å²) < 4.78 is 10.5. The standard InChI is InChI=1S/C9H14N4O2/c1-14-9-6(10)7(11)12-8(13-9)5-3-2-4-15-5/h5H,2-4,10H2,1H3,(H2,11,12,13). The predicted octanol–water partition coefficient (Wildman–Crippen LogP) is 0.501. The van der Waals surface area contributed by atoms with E-state index in [0.717, 1.165) is 19.4 Å². The molecule has 4 N–H and O–H groups in total. The van der Waals surface area contributed by atoms with Gasteiger partial charge in [-0.3, -0.25) is 0 Å². The maximum Gasteiger partial charge on any atom is 0.242 e. The third kappa shape index (κ3) is 1.80. The molecule has 6 nitrogen and oxygen atoms in total. The molecule has 1 atom stereocenters. The molecule has 1 fully saturated rings. The molecule has 0 radical (unpaired) electrons. The summed E-state index contributed by atoms with van der Waals surface area (Å²) >= 11 is 0. The zero-order chi connectivity index (χ0) is 10.8. The van der Waals surface area contributed by atoms with E-state index >= 15 is 0 Å². The number of nitrogens with zero attached hydrogens (tertiary/aromatic N) is 2. The van der Waals surface area contributed by atoms with Crippen molar-refractivity contribution in [3.05, 3.63) is 5.82 Å². The Hall–Kier alpha value is -1.56. The Morgan fingerprint density at radius 3 is 2.80 bits per heavy atom. The number of nitrogen functional groups attached to an aromatic ring is 2. The Bertz CT molecular complexity index is 363. The third-order valence-electron chi connectivity index (χ3n) is 2.37. The minimum Gasteiger partial charge on any atom is -0.479 e. The van der Waals surface area contributed by atoms with Gasteiger partial charge in [-0.25, -0.2) is 4.98 Å². The van der Waals surface area contributed by atoms with Gasteiger partial charge in [0.25, 0.3) is 0 Å². The van der Waals surface area contributed by atoms with E-state index in [1.807, 2.05) is 0 Å². The van der Waals surface area contributed by atoms with Crippen LogP contribution in [-0.4, -0.2) is 23.7 Å². The molecule has 0 saturated carbocycles. The lowest BCUT2D eigenvalue weighted by Gasteiger charge is -2.11. The van der Waals surface area contributed by atoms with Gasteiger partial charge in [0, 0.05) is 6.61 Å². The molecule has 0 bridgehead atoms. The Kier molecular flexibility index (Phi) is 2.59. The van der Waals surface area contributed by atoms with Gasteiger partial charge in [0.05, 0.1) is 7.11 Å². The number of anilines is 2. The Labute approximate surface area is 87.6 Å². The van der Waals surface area contributed by atoms with Crippen LogP contribution in [0.5, 0.6) is 5.88 Å². The van der Waals surface area contributed by atoms with Crippen LogP contribution in [0.1, 0.15) is 24.8 Å². The average molecular weight is 210 g/mol. The molecule has 1 saturated heterocycles. The first-order valence-electron chi connectivity index (χ1n) is 4.81. The highest BCUT2D eigenvalue weighted by Crippen LogP contribution is 2.30. The number of hydrogen-bond acceptors (Lipinski definition) is 6. The van der Waals surface area contributed by atoms with Gasteiger partial charge in [0.15, 0.2) is 11.6 Å². The van der Waals surface area contributed by atoms with Crippen LogP contribution in [0.3, 0.4) is 0 Å². The zero-order valence-corrected chi connectivity index (χ0v) is 8.56. The van der Waals surface area contributed by atoms with E-state index in [1.165, 1.54) is 7.11 Å². The highest BCUT2D eigenvalue weighted by molar-refractivity contribution is 5.64. The van der Waals surface area contributed by atoms with E-state index in [9.17, 15) is 0 Å². The second kappa shape index (κ2) is 3.90. The summed E-state index contributed by atoms with van der Waals surface area (Å²) in [6.45, 7) is 0.737. The van der Waals surface area contributed by atoms with Gasteiger partial charge in [0.2, 0.25) is 5.88 Å². The molecule has 0 amide bonds. The molecular weight excluding hydrogens is 196 g/mol. The van der Waals surface area contributed by atoms with Crippen molar-refractivity contribution in [2.24, 2.45) is 0 Å². The molecule has 82 valence electrons. The molecule has 1 aromatic heterocycles. The summed E-state index contributed by atoms with van der Waals surface area (Å²) in [5, 5.41) is 0. The molecule has 2 rings (SSSR count). The van der Waals surface area contributed by atoms with E-state index in [2.05, 4.69) is 9.97 Å². The molecular formula is C9H14N4O2. The molecule has 0 aromatic carbocycles. The van der Waals surface area contributed by atoms with Gasteiger partial charge in [0.1, 0.15) is 11.8 Å². The molecule has 1 aliphatic heterocycles. The van der Waals surface area contributed by atoms with E-state index in [0.29, 0.717) is 11.7 Å². The van der Waals surface area contributed by atoms with Gasteiger partial charge in [-0.05, 0) is 12.8 Å². The number of rotatable bonds is 2. The van der Waals surface area contributed by atoms with Crippen molar-refractivity contribution in [2.45, 2.75) is 18.9 Å².